The van der Waals surface area contributed by atoms with Gasteiger partial charge < -0.3 is 5.32 Å². The summed E-state index contributed by atoms with van der Waals surface area (Å²) < 4.78 is 25.5. The van der Waals surface area contributed by atoms with Crippen molar-refractivity contribution >= 4 is 21.6 Å². The SMILES string of the molecule is CS(=O)(=O)Nc1ccccc1C1NC2CCCCC2NC1=O. The zero-order valence-corrected chi connectivity index (χ0v) is 13.3. The molecule has 3 rings (SSSR count). The summed E-state index contributed by atoms with van der Waals surface area (Å²) in [5.74, 6) is -0.0918. The highest BCUT2D eigenvalue weighted by Gasteiger charge is 2.37. The number of para-hydroxylation sites is 1. The molecule has 1 amide bonds. The first-order chi connectivity index (χ1) is 10.4. The molecule has 3 unspecified atom stereocenters. The maximum absolute atomic E-state index is 12.4. The lowest BCUT2D eigenvalue weighted by molar-refractivity contribution is -0.127. The third-order valence-electron chi connectivity index (χ3n) is 4.30. The van der Waals surface area contributed by atoms with E-state index < -0.39 is 16.1 Å². The van der Waals surface area contributed by atoms with Crippen molar-refractivity contribution in [3.05, 3.63) is 29.8 Å². The molecular weight excluding hydrogens is 302 g/mol. The Morgan fingerprint density at radius 2 is 1.82 bits per heavy atom. The van der Waals surface area contributed by atoms with E-state index in [1.165, 1.54) is 0 Å². The molecule has 1 aromatic carbocycles. The number of carbonyl (C=O) groups excluding carboxylic acids is 1. The van der Waals surface area contributed by atoms with Crippen LogP contribution in [0, 0.1) is 0 Å². The van der Waals surface area contributed by atoms with Crippen LogP contribution in [0.1, 0.15) is 37.3 Å². The fourth-order valence-corrected chi connectivity index (χ4v) is 3.92. The number of piperazine rings is 1. The first-order valence-electron chi connectivity index (χ1n) is 7.57. The lowest BCUT2D eigenvalue weighted by atomic mass is 9.86. The zero-order valence-electron chi connectivity index (χ0n) is 12.5. The summed E-state index contributed by atoms with van der Waals surface area (Å²) in [6.45, 7) is 0. The molecule has 1 aliphatic heterocycles. The van der Waals surface area contributed by atoms with Gasteiger partial charge in [-0.05, 0) is 18.9 Å². The Morgan fingerprint density at radius 3 is 2.55 bits per heavy atom. The number of fused-ring (bicyclic) bond motifs is 1. The van der Waals surface area contributed by atoms with Gasteiger partial charge in [-0.25, -0.2) is 8.42 Å². The van der Waals surface area contributed by atoms with Crippen molar-refractivity contribution in [1.29, 1.82) is 0 Å². The minimum absolute atomic E-state index is 0.0918. The molecule has 0 bridgehead atoms. The quantitative estimate of drug-likeness (QED) is 0.778. The number of hydrogen-bond donors (Lipinski definition) is 3. The van der Waals surface area contributed by atoms with Gasteiger partial charge in [0.05, 0.1) is 11.9 Å². The molecule has 3 N–H and O–H groups in total. The fraction of sp³-hybridized carbons (Fsp3) is 0.533. The average Bonchev–Trinajstić information content (AvgIpc) is 2.46. The monoisotopic (exact) mass is 323 g/mol. The maximum Gasteiger partial charge on any atom is 0.242 e. The number of nitrogens with one attached hydrogen (secondary N) is 3. The van der Waals surface area contributed by atoms with E-state index in [1.54, 1.807) is 18.2 Å². The van der Waals surface area contributed by atoms with Gasteiger partial charge in [0.15, 0.2) is 0 Å². The van der Waals surface area contributed by atoms with Crippen LogP contribution >= 0.6 is 0 Å². The topological polar surface area (TPSA) is 87.3 Å². The molecule has 0 aromatic heterocycles. The summed E-state index contributed by atoms with van der Waals surface area (Å²) in [4.78, 5) is 12.4. The summed E-state index contributed by atoms with van der Waals surface area (Å²) in [6.07, 6.45) is 5.43. The van der Waals surface area contributed by atoms with Crippen molar-refractivity contribution in [3.63, 3.8) is 0 Å². The normalized spacial score (nSPS) is 28.6. The number of anilines is 1. The highest BCUT2D eigenvalue weighted by molar-refractivity contribution is 7.92. The Kier molecular flexibility index (Phi) is 4.10. The van der Waals surface area contributed by atoms with Gasteiger partial charge >= 0.3 is 0 Å². The van der Waals surface area contributed by atoms with Crippen LogP contribution in [0.4, 0.5) is 5.69 Å². The highest BCUT2D eigenvalue weighted by Crippen LogP contribution is 2.30. The third kappa shape index (κ3) is 3.25. The van der Waals surface area contributed by atoms with Gasteiger partial charge in [0, 0.05) is 17.6 Å². The fourth-order valence-electron chi connectivity index (χ4n) is 3.33. The Morgan fingerprint density at radius 1 is 1.14 bits per heavy atom. The van der Waals surface area contributed by atoms with E-state index in [-0.39, 0.29) is 18.0 Å². The van der Waals surface area contributed by atoms with Crippen molar-refractivity contribution in [2.24, 2.45) is 0 Å². The lowest BCUT2D eigenvalue weighted by Gasteiger charge is -2.41. The number of sulfonamides is 1. The van der Waals surface area contributed by atoms with Gasteiger partial charge in [-0.1, -0.05) is 31.0 Å². The second-order valence-electron chi connectivity index (χ2n) is 6.07. The van der Waals surface area contributed by atoms with Gasteiger partial charge in [0.25, 0.3) is 0 Å². The van der Waals surface area contributed by atoms with E-state index in [1.807, 2.05) is 6.07 Å². The van der Waals surface area contributed by atoms with Gasteiger partial charge in [-0.2, -0.15) is 0 Å². The predicted molar refractivity (Wildman–Crippen MR) is 85.0 cm³/mol. The second kappa shape index (κ2) is 5.89. The molecule has 1 saturated carbocycles. The molecule has 2 fully saturated rings. The van der Waals surface area contributed by atoms with Crippen molar-refractivity contribution in [2.75, 3.05) is 11.0 Å². The molecule has 120 valence electrons. The van der Waals surface area contributed by atoms with Crippen LogP contribution in [-0.2, 0) is 14.8 Å². The van der Waals surface area contributed by atoms with Gasteiger partial charge in [0.1, 0.15) is 6.04 Å². The molecule has 22 heavy (non-hydrogen) atoms. The lowest BCUT2D eigenvalue weighted by Crippen LogP contribution is -2.61. The number of benzene rings is 1. The number of amides is 1. The van der Waals surface area contributed by atoms with E-state index in [2.05, 4.69) is 15.4 Å². The second-order valence-corrected chi connectivity index (χ2v) is 7.82. The molecule has 2 aliphatic rings. The van der Waals surface area contributed by atoms with Crippen molar-refractivity contribution < 1.29 is 13.2 Å². The molecular formula is C15H21N3O3S. The molecule has 7 heteroatoms. The summed E-state index contributed by atoms with van der Waals surface area (Å²) in [6, 6.07) is 6.94. The Hall–Kier alpha value is -1.60. The molecule has 1 aliphatic carbocycles. The summed E-state index contributed by atoms with van der Waals surface area (Å²) in [7, 11) is -3.39. The maximum atomic E-state index is 12.4. The van der Waals surface area contributed by atoms with Crippen molar-refractivity contribution in [2.45, 2.75) is 43.8 Å². The summed E-state index contributed by atoms with van der Waals surface area (Å²) in [5.41, 5.74) is 1.11. The summed E-state index contributed by atoms with van der Waals surface area (Å²) in [5, 5.41) is 6.48. The zero-order chi connectivity index (χ0) is 15.7. The van der Waals surface area contributed by atoms with E-state index in [9.17, 15) is 13.2 Å². The van der Waals surface area contributed by atoms with Gasteiger partial charge in [0.2, 0.25) is 15.9 Å². The van der Waals surface area contributed by atoms with Crippen LogP contribution in [0.3, 0.4) is 0 Å². The minimum atomic E-state index is -3.39. The first kappa shape index (κ1) is 15.3. The standard InChI is InChI=1S/C15H21N3O3S/c1-22(20,21)18-11-7-3-2-6-10(11)14-15(19)17-13-9-5-4-8-12(13)16-14/h2-3,6-7,12-14,16,18H,4-5,8-9H2,1H3,(H,17,19). The number of hydrogen-bond acceptors (Lipinski definition) is 4. The van der Waals surface area contributed by atoms with Gasteiger partial charge in [-0.15, -0.1) is 0 Å². The Balaban J connectivity index is 1.88. The summed E-state index contributed by atoms with van der Waals surface area (Å²) >= 11 is 0. The first-order valence-corrected chi connectivity index (χ1v) is 9.46. The number of rotatable bonds is 3. The molecule has 6 nitrogen and oxygen atoms in total. The molecule has 1 heterocycles. The van der Waals surface area contributed by atoms with E-state index in [4.69, 9.17) is 0 Å². The average molecular weight is 323 g/mol. The highest BCUT2D eigenvalue weighted by atomic mass is 32.2. The third-order valence-corrected chi connectivity index (χ3v) is 4.89. The van der Waals surface area contributed by atoms with Crippen molar-refractivity contribution in [3.8, 4) is 0 Å². The van der Waals surface area contributed by atoms with Crippen LogP contribution in [-0.4, -0.2) is 32.7 Å². The molecule has 1 saturated heterocycles. The van der Waals surface area contributed by atoms with E-state index in [0.717, 1.165) is 31.9 Å². The van der Waals surface area contributed by atoms with Gasteiger partial charge in [-0.3, -0.25) is 14.8 Å². The van der Waals surface area contributed by atoms with Crippen LogP contribution in [0.5, 0.6) is 0 Å². The largest absolute Gasteiger partial charge is 0.350 e. The van der Waals surface area contributed by atoms with Crippen LogP contribution in [0.15, 0.2) is 24.3 Å². The molecule has 3 atom stereocenters. The Bertz CT molecular complexity index is 674. The van der Waals surface area contributed by atoms with Crippen LogP contribution in [0.2, 0.25) is 0 Å². The molecule has 1 aromatic rings. The Labute approximate surface area is 130 Å². The smallest absolute Gasteiger partial charge is 0.242 e. The van der Waals surface area contributed by atoms with Crippen LogP contribution in [0.25, 0.3) is 0 Å². The minimum Gasteiger partial charge on any atom is -0.350 e. The van der Waals surface area contributed by atoms with Crippen LogP contribution < -0.4 is 15.4 Å². The molecule has 0 spiro atoms. The molecule has 0 radical (unpaired) electrons. The van der Waals surface area contributed by atoms with E-state index in [0.29, 0.717) is 11.3 Å². The van der Waals surface area contributed by atoms with Crippen molar-refractivity contribution in [1.82, 2.24) is 10.6 Å². The predicted octanol–water partition coefficient (Wildman–Crippen LogP) is 1.13. The number of carbonyl (C=O) groups is 1. The van der Waals surface area contributed by atoms with E-state index >= 15 is 0 Å².